The van der Waals surface area contributed by atoms with Crippen molar-refractivity contribution >= 4 is 0 Å². The minimum Gasteiger partial charge on any atom is -0.393 e. The fourth-order valence-electron chi connectivity index (χ4n) is 2.74. The molecule has 0 radical (unpaired) electrons. The van der Waals surface area contributed by atoms with Crippen LogP contribution in [0.5, 0.6) is 0 Å². The quantitative estimate of drug-likeness (QED) is 0.849. The van der Waals surface area contributed by atoms with Gasteiger partial charge in [-0.05, 0) is 17.9 Å². The molecule has 0 bridgehead atoms. The van der Waals surface area contributed by atoms with Gasteiger partial charge in [-0.3, -0.25) is 4.68 Å². The summed E-state index contributed by atoms with van der Waals surface area (Å²) in [7, 11) is 1.91. The second-order valence-corrected chi connectivity index (χ2v) is 5.12. The summed E-state index contributed by atoms with van der Waals surface area (Å²) in [6.45, 7) is 0. The van der Waals surface area contributed by atoms with Gasteiger partial charge in [-0.1, -0.05) is 32.1 Å². The van der Waals surface area contributed by atoms with Crippen LogP contribution in [0, 0.1) is 5.92 Å². The van der Waals surface area contributed by atoms with Gasteiger partial charge in [0.1, 0.15) is 0 Å². The minimum absolute atomic E-state index is 0.188. The molecule has 0 amide bonds. The summed E-state index contributed by atoms with van der Waals surface area (Å²) >= 11 is 0. The molecular weight excluding hydrogens is 200 g/mol. The van der Waals surface area contributed by atoms with Gasteiger partial charge in [-0.25, -0.2) is 0 Å². The molecule has 1 aliphatic rings. The summed E-state index contributed by atoms with van der Waals surface area (Å²) < 4.78 is 1.79. The maximum atomic E-state index is 10.0. The highest BCUT2D eigenvalue weighted by Gasteiger charge is 2.17. The Balaban J connectivity index is 1.77. The highest BCUT2D eigenvalue weighted by molar-refractivity contribution is 5.05. The second-order valence-electron chi connectivity index (χ2n) is 5.12. The molecule has 1 fully saturated rings. The first-order chi connectivity index (χ1) is 7.74. The molecule has 3 nitrogen and oxygen atoms in total. The largest absolute Gasteiger partial charge is 0.393 e. The maximum Gasteiger partial charge on any atom is 0.0584 e. The van der Waals surface area contributed by atoms with E-state index in [4.69, 9.17) is 0 Å². The van der Waals surface area contributed by atoms with Crippen molar-refractivity contribution in [2.45, 2.75) is 51.0 Å². The molecule has 1 aromatic rings. The zero-order valence-electron chi connectivity index (χ0n) is 10.1. The maximum absolute atomic E-state index is 10.0. The van der Waals surface area contributed by atoms with Crippen LogP contribution in [-0.2, 0) is 13.5 Å². The predicted molar refractivity (Wildman–Crippen MR) is 64.1 cm³/mol. The Hall–Kier alpha value is -0.830. The van der Waals surface area contributed by atoms with E-state index in [1.165, 1.54) is 32.1 Å². The molecule has 1 saturated carbocycles. The first kappa shape index (κ1) is 11.6. The SMILES string of the molecule is Cn1cc(CC(O)CC2CCCCC2)cn1. The molecule has 3 heteroatoms. The van der Waals surface area contributed by atoms with Crippen LogP contribution in [0.3, 0.4) is 0 Å². The van der Waals surface area contributed by atoms with Crippen LogP contribution in [0.2, 0.25) is 0 Å². The first-order valence-corrected chi connectivity index (χ1v) is 6.39. The molecular formula is C13H22N2O. The number of rotatable bonds is 4. The van der Waals surface area contributed by atoms with Gasteiger partial charge < -0.3 is 5.11 Å². The zero-order chi connectivity index (χ0) is 11.4. The number of hydrogen-bond acceptors (Lipinski definition) is 2. The van der Waals surface area contributed by atoms with Crippen LogP contribution in [-0.4, -0.2) is 21.0 Å². The first-order valence-electron chi connectivity index (χ1n) is 6.39. The van der Waals surface area contributed by atoms with Gasteiger partial charge in [-0.15, -0.1) is 0 Å². The number of nitrogens with zero attached hydrogens (tertiary/aromatic N) is 2. The lowest BCUT2D eigenvalue weighted by atomic mass is 9.84. The standard InChI is InChI=1S/C13H22N2O/c1-15-10-12(9-14-15)8-13(16)7-11-5-3-2-4-6-11/h9-11,13,16H,2-8H2,1H3. The zero-order valence-corrected chi connectivity index (χ0v) is 10.1. The van der Waals surface area contributed by atoms with Gasteiger partial charge in [0.05, 0.1) is 12.3 Å². The fourth-order valence-corrected chi connectivity index (χ4v) is 2.74. The van der Waals surface area contributed by atoms with E-state index in [2.05, 4.69) is 5.10 Å². The van der Waals surface area contributed by atoms with Crippen LogP contribution in [0.1, 0.15) is 44.1 Å². The number of aromatic nitrogens is 2. The molecule has 1 atom stereocenters. The molecule has 1 unspecified atom stereocenters. The third-order valence-corrected chi connectivity index (χ3v) is 3.56. The molecule has 2 rings (SSSR count). The predicted octanol–water partition coefficient (Wildman–Crippen LogP) is 2.29. The Kier molecular flexibility index (Phi) is 3.99. The third-order valence-electron chi connectivity index (χ3n) is 3.56. The molecule has 90 valence electrons. The van der Waals surface area contributed by atoms with Gasteiger partial charge >= 0.3 is 0 Å². The third kappa shape index (κ3) is 3.34. The van der Waals surface area contributed by atoms with E-state index in [9.17, 15) is 5.11 Å². The van der Waals surface area contributed by atoms with E-state index < -0.39 is 0 Å². The topological polar surface area (TPSA) is 38.0 Å². The van der Waals surface area contributed by atoms with Crippen molar-refractivity contribution in [3.8, 4) is 0 Å². The van der Waals surface area contributed by atoms with E-state index in [0.717, 1.165) is 24.3 Å². The Morgan fingerprint density at radius 3 is 2.81 bits per heavy atom. The van der Waals surface area contributed by atoms with Gasteiger partial charge in [-0.2, -0.15) is 5.10 Å². The van der Waals surface area contributed by atoms with Crippen LogP contribution in [0.25, 0.3) is 0 Å². The van der Waals surface area contributed by atoms with Crippen LogP contribution >= 0.6 is 0 Å². The average Bonchev–Trinajstić information content (AvgIpc) is 2.65. The van der Waals surface area contributed by atoms with Crippen molar-refractivity contribution in [1.82, 2.24) is 9.78 Å². The van der Waals surface area contributed by atoms with Crippen molar-refractivity contribution in [2.75, 3.05) is 0 Å². The average molecular weight is 222 g/mol. The van der Waals surface area contributed by atoms with Crippen molar-refractivity contribution in [1.29, 1.82) is 0 Å². The summed E-state index contributed by atoms with van der Waals surface area (Å²) in [6.07, 6.45) is 12.1. The Bertz CT molecular complexity index is 315. The highest BCUT2D eigenvalue weighted by Crippen LogP contribution is 2.27. The lowest BCUT2D eigenvalue weighted by Gasteiger charge is -2.23. The number of hydrogen-bond donors (Lipinski definition) is 1. The van der Waals surface area contributed by atoms with Gasteiger partial charge in [0.15, 0.2) is 0 Å². The fraction of sp³-hybridized carbons (Fsp3) is 0.769. The van der Waals surface area contributed by atoms with Crippen molar-refractivity contribution in [2.24, 2.45) is 13.0 Å². The molecule has 1 aliphatic carbocycles. The summed E-state index contributed by atoms with van der Waals surface area (Å²) in [6, 6.07) is 0. The molecule has 1 N–H and O–H groups in total. The minimum atomic E-state index is -0.188. The number of aliphatic hydroxyl groups is 1. The molecule has 0 saturated heterocycles. The van der Waals surface area contributed by atoms with Crippen LogP contribution < -0.4 is 0 Å². The van der Waals surface area contributed by atoms with E-state index in [1.807, 2.05) is 19.4 Å². The molecule has 0 spiro atoms. The molecule has 16 heavy (non-hydrogen) atoms. The normalized spacial score (nSPS) is 19.9. The van der Waals surface area contributed by atoms with Gasteiger partial charge in [0, 0.05) is 19.7 Å². The van der Waals surface area contributed by atoms with Crippen molar-refractivity contribution in [3.63, 3.8) is 0 Å². The van der Waals surface area contributed by atoms with Crippen molar-refractivity contribution in [3.05, 3.63) is 18.0 Å². The number of aliphatic hydroxyl groups excluding tert-OH is 1. The van der Waals surface area contributed by atoms with E-state index >= 15 is 0 Å². The second kappa shape index (κ2) is 5.48. The molecule has 1 heterocycles. The summed E-state index contributed by atoms with van der Waals surface area (Å²) in [5.41, 5.74) is 1.14. The van der Waals surface area contributed by atoms with Gasteiger partial charge in [0.25, 0.3) is 0 Å². The Labute approximate surface area is 97.5 Å². The Morgan fingerprint density at radius 1 is 1.44 bits per heavy atom. The summed E-state index contributed by atoms with van der Waals surface area (Å²) in [5, 5.41) is 14.1. The lowest BCUT2D eigenvalue weighted by Crippen LogP contribution is -2.18. The smallest absolute Gasteiger partial charge is 0.0584 e. The lowest BCUT2D eigenvalue weighted by molar-refractivity contribution is 0.130. The Morgan fingerprint density at radius 2 is 2.19 bits per heavy atom. The summed E-state index contributed by atoms with van der Waals surface area (Å²) in [5.74, 6) is 0.750. The van der Waals surface area contributed by atoms with E-state index in [-0.39, 0.29) is 6.10 Å². The van der Waals surface area contributed by atoms with Gasteiger partial charge in [0.2, 0.25) is 0 Å². The molecule has 0 aromatic carbocycles. The summed E-state index contributed by atoms with van der Waals surface area (Å²) in [4.78, 5) is 0. The van der Waals surface area contributed by atoms with E-state index in [0.29, 0.717) is 0 Å². The van der Waals surface area contributed by atoms with Crippen LogP contribution in [0.15, 0.2) is 12.4 Å². The number of aryl methyl sites for hydroxylation is 1. The molecule has 1 aromatic heterocycles. The van der Waals surface area contributed by atoms with E-state index in [1.54, 1.807) is 4.68 Å². The molecule has 0 aliphatic heterocycles. The monoisotopic (exact) mass is 222 g/mol. The van der Waals surface area contributed by atoms with Crippen molar-refractivity contribution < 1.29 is 5.11 Å². The van der Waals surface area contributed by atoms with Crippen LogP contribution in [0.4, 0.5) is 0 Å². The highest BCUT2D eigenvalue weighted by atomic mass is 16.3.